The van der Waals surface area contributed by atoms with Crippen LogP contribution in [0.15, 0.2) is 29.2 Å². The Morgan fingerprint density at radius 2 is 1.75 bits per heavy atom. The van der Waals surface area contributed by atoms with Gasteiger partial charge in [0.1, 0.15) is 6.10 Å². The molecule has 1 N–H and O–H groups in total. The summed E-state index contributed by atoms with van der Waals surface area (Å²) in [6.07, 6.45) is 0.0326. The molecule has 7 nitrogen and oxygen atoms in total. The van der Waals surface area contributed by atoms with Gasteiger partial charge in [-0.3, -0.25) is 4.79 Å². The molecule has 1 amide bonds. The molecule has 3 atom stereocenters. The molecule has 2 rings (SSSR count). The van der Waals surface area contributed by atoms with E-state index in [4.69, 9.17) is 9.47 Å². The minimum Gasteiger partial charge on any atom is -0.373 e. The van der Waals surface area contributed by atoms with Gasteiger partial charge < -0.3 is 14.8 Å². The average molecular weight is 413 g/mol. The maximum atomic E-state index is 12.9. The highest BCUT2D eigenvalue weighted by Gasteiger charge is 2.32. The lowest BCUT2D eigenvalue weighted by atomic mass is 10.1. The summed E-state index contributed by atoms with van der Waals surface area (Å²) in [5, 5.41) is 2.76. The van der Waals surface area contributed by atoms with Gasteiger partial charge in [-0.25, -0.2) is 8.42 Å². The van der Waals surface area contributed by atoms with Crippen molar-refractivity contribution in [3.05, 3.63) is 24.3 Å². The molecule has 0 saturated carbocycles. The molecule has 0 aromatic heterocycles. The summed E-state index contributed by atoms with van der Waals surface area (Å²) >= 11 is 0. The minimum absolute atomic E-state index is 0.144. The lowest BCUT2D eigenvalue weighted by molar-refractivity contribution is -0.126. The number of benzene rings is 1. The minimum atomic E-state index is -3.59. The smallest absolute Gasteiger partial charge is 0.253 e. The van der Waals surface area contributed by atoms with Crippen molar-refractivity contribution >= 4 is 21.6 Å². The first kappa shape index (κ1) is 22.8. The Morgan fingerprint density at radius 3 is 2.29 bits per heavy atom. The number of hydrogen-bond donors (Lipinski definition) is 1. The molecule has 28 heavy (non-hydrogen) atoms. The number of nitrogens with one attached hydrogen (secondary N) is 1. The summed E-state index contributed by atoms with van der Waals surface area (Å²) in [6, 6.07) is 6.22. The van der Waals surface area contributed by atoms with E-state index in [0.29, 0.717) is 31.3 Å². The molecule has 8 heteroatoms. The number of carbonyl (C=O) groups excluding carboxylic acids is 1. The van der Waals surface area contributed by atoms with Gasteiger partial charge in [0.2, 0.25) is 10.0 Å². The van der Waals surface area contributed by atoms with Crippen LogP contribution in [0.25, 0.3) is 0 Å². The zero-order valence-electron chi connectivity index (χ0n) is 17.3. The molecule has 1 fully saturated rings. The number of rotatable bonds is 8. The Labute approximate surface area is 168 Å². The van der Waals surface area contributed by atoms with Crippen molar-refractivity contribution in [3.8, 4) is 0 Å². The number of carbonyl (C=O) groups is 1. The second kappa shape index (κ2) is 9.82. The van der Waals surface area contributed by atoms with Gasteiger partial charge in [0.05, 0.1) is 17.1 Å². The first-order valence-electron chi connectivity index (χ1n) is 9.77. The van der Waals surface area contributed by atoms with Gasteiger partial charge in [0.25, 0.3) is 5.91 Å². The Hall–Kier alpha value is -1.48. The monoisotopic (exact) mass is 412 g/mol. The van der Waals surface area contributed by atoms with Crippen molar-refractivity contribution in [3.63, 3.8) is 0 Å². The molecule has 0 bridgehead atoms. The molecule has 1 aromatic rings. The molecule has 0 radical (unpaired) electrons. The van der Waals surface area contributed by atoms with E-state index in [-0.39, 0.29) is 23.0 Å². The number of amides is 1. The molecular formula is C20H32N2O5S. The van der Waals surface area contributed by atoms with Crippen molar-refractivity contribution in [2.45, 2.75) is 64.2 Å². The normalized spacial score (nSPS) is 22.2. The van der Waals surface area contributed by atoms with Gasteiger partial charge in [0, 0.05) is 25.4 Å². The molecule has 1 aliphatic rings. The van der Waals surface area contributed by atoms with Crippen LogP contribution >= 0.6 is 0 Å². The maximum absolute atomic E-state index is 12.9. The van der Waals surface area contributed by atoms with Gasteiger partial charge in [-0.1, -0.05) is 13.8 Å². The van der Waals surface area contributed by atoms with Gasteiger partial charge in [-0.15, -0.1) is 0 Å². The van der Waals surface area contributed by atoms with E-state index in [0.717, 1.165) is 6.42 Å². The van der Waals surface area contributed by atoms with Crippen LogP contribution in [0, 0.1) is 5.92 Å². The van der Waals surface area contributed by atoms with Crippen molar-refractivity contribution in [2.24, 2.45) is 5.92 Å². The number of hydrogen-bond acceptors (Lipinski definition) is 5. The first-order chi connectivity index (χ1) is 13.1. The van der Waals surface area contributed by atoms with Crippen LogP contribution in [0.5, 0.6) is 0 Å². The molecule has 1 heterocycles. The number of morpholine rings is 1. The number of sulfonamides is 1. The lowest BCUT2D eigenvalue weighted by Gasteiger charge is -2.34. The van der Waals surface area contributed by atoms with Crippen LogP contribution in [0.3, 0.4) is 0 Å². The average Bonchev–Trinajstić information content (AvgIpc) is 2.61. The highest BCUT2D eigenvalue weighted by Crippen LogP contribution is 2.22. The molecule has 1 aliphatic heterocycles. The van der Waals surface area contributed by atoms with Gasteiger partial charge in [-0.05, 0) is 57.4 Å². The maximum Gasteiger partial charge on any atom is 0.253 e. The van der Waals surface area contributed by atoms with E-state index in [1.54, 1.807) is 19.1 Å². The zero-order valence-corrected chi connectivity index (χ0v) is 18.2. The van der Waals surface area contributed by atoms with E-state index >= 15 is 0 Å². The van der Waals surface area contributed by atoms with Crippen molar-refractivity contribution in [1.29, 1.82) is 0 Å². The highest BCUT2D eigenvalue weighted by molar-refractivity contribution is 7.89. The van der Waals surface area contributed by atoms with Crippen LogP contribution in [0.4, 0.5) is 5.69 Å². The Morgan fingerprint density at radius 1 is 1.18 bits per heavy atom. The third-order valence-corrected chi connectivity index (χ3v) is 6.42. The van der Waals surface area contributed by atoms with Crippen molar-refractivity contribution in [2.75, 3.05) is 25.0 Å². The molecule has 1 saturated heterocycles. The number of nitrogens with zero attached hydrogens (tertiary/aromatic N) is 1. The van der Waals surface area contributed by atoms with Crippen LogP contribution < -0.4 is 5.32 Å². The first-order valence-corrected chi connectivity index (χ1v) is 11.2. The van der Waals surface area contributed by atoms with Gasteiger partial charge in [0.15, 0.2) is 0 Å². The molecule has 0 aliphatic carbocycles. The fraction of sp³-hybridized carbons (Fsp3) is 0.650. The predicted octanol–water partition coefficient (Wildman–Crippen LogP) is 2.87. The van der Waals surface area contributed by atoms with E-state index in [1.807, 2.05) is 13.8 Å². The topological polar surface area (TPSA) is 84.9 Å². The Balaban J connectivity index is 1.98. The van der Waals surface area contributed by atoms with E-state index in [1.165, 1.54) is 16.4 Å². The standard InChI is InChI=1S/C20H32N2O5S/c1-14(2)10-11-26-17(5)20(23)21-18-6-8-19(9-7-18)28(24,25)22-12-15(3)27-16(4)13-22/h6-9,14-17H,10-13H2,1-5H3,(H,21,23). The van der Waals surface area contributed by atoms with Crippen LogP contribution in [0.2, 0.25) is 0 Å². The van der Waals surface area contributed by atoms with Gasteiger partial charge >= 0.3 is 0 Å². The summed E-state index contributed by atoms with van der Waals surface area (Å²) in [5.74, 6) is 0.261. The number of ether oxygens (including phenoxy) is 2. The Kier molecular flexibility index (Phi) is 8.00. The molecular weight excluding hydrogens is 380 g/mol. The lowest BCUT2D eigenvalue weighted by Crippen LogP contribution is -2.48. The largest absolute Gasteiger partial charge is 0.373 e. The molecule has 0 spiro atoms. The second-order valence-electron chi connectivity index (χ2n) is 7.79. The fourth-order valence-corrected chi connectivity index (χ4v) is 4.58. The Bertz CT molecular complexity index is 738. The predicted molar refractivity (Wildman–Crippen MR) is 109 cm³/mol. The summed E-state index contributed by atoms with van der Waals surface area (Å²) in [7, 11) is -3.59. The third-order valence-electron chi connectivity index (χ3n) is 4.58. The second-order valence-corrected chi connectivity index (χ2v) is 9.73. The number of anilines is 1. The molecule has 158 valence electrons. The highest BCUT2D eigenvalue weighted by atomic mass is 32.2. The van der Waals surface area contributed by atoms with E-state index in [2.05, 4.69) is 19.2 Å². The van der Waals surface area contributed by atoms with E-state index < -0.39 is 16.1 Å². The summed E-state index contributed by atoms with van der Waals surface area (Å²) in [5.41, 5.74) is 0.534. The zero-order chi connectivity index (χ0) is 20.9. The van der Waals surface area contributed by atoms with Gasteiger partial charge in [-0.2, -0.15) is 4.31 Å². The molecule has 3 unspecified atom stereocenters. The van der Waals surface area contributed by atoms with Crippen LogP contribution in [0.1, 0.15) is 41.0 Å². The van der Waals surface area contributed by atoms with E-state index in [9.17, 15) is 13.2 Å². The quantitative estimate of drug-likeness (QED) is 0.710. The SMILES string of the molecule is CC(C)CCOC(C)C(=O)Nc1ccc(S(=O)(=O)N2CC(C)OC(C)C2)cc1. The van der Waals surface area contributed by atoms with Crippen LogP contribution in [-0.4, -0.2) is 56.6 Å². The van der Waals surface area contributed by atoms with Crippen molar-refractivity contribution < 1.29 is 22.7 Å². The summed E-state index contributed by atoms with van der Waals surface area (Å²) < 4.78 is 38.3. The third kappa shape index (κ3) is 6.27. The van der Waals surface area contributed by atoms with Crippen LogP contribution in [-0.2, 0) is 24.3 Å². The summed E-state index contributed by atoms with van der Waals surface area (Å²) in [6.45, 7) is 10.8. The summed E-state index contributed by atoms with van der Waals surface area (Å²) in [4.78, 5) is 12.4. The molecule has 1 aromatic carbocycles. The van der Waals surface area contributed by atoms with Crippen molar-refractivity contribution in [1.82, 2.24) is 4.31 Å². The fourth-order valence-electron chi connectivity index (χ4n) is 2.99.